The number of nitrogens with zero attached hydrogens (tertiary/aromatic N) is 5. The number of hydrogen-bond donors (Lipinski definition) is 1. The molecule has 1 aliphatic rings. The summed E-state index contributed by atoms with van der Waals surface area (Å²) in [7, 11) is 0. The van der Waals surface area contributed by atoms with Crippen LogP contribution in [0.1, 0.15) is 49.8 Å². The molecule has 2 aromatic heterocycles. The standard InChI is InChI=1S/C25H28N6O/c1-2-3-4-22-17-31(30-27-22)23-11-9-21(10-12-23)25-29-28-24(32-25)20-7-5-18(6-8-20)19-13-15-26-16-14-19/h5-12,17,19,26H,2-4,13-16H2,1H3. The van der Waals surface area contributed by atoms with Crippen molar-refractivity contribution < 1.29 is 4.42 Å². The van der Waals surface area contributed by atoms with Crippen LogP contribution in [0.2, 0.25) is 0 Å². The number of rotatable bonds is 7. The van der Waals surface area contributed by atoms with Gasteiger partial charge in [0.2, 0.25) is 11.8 Å². The van der Waals surface area contributed by atoms with E-state index in [0.717, 1.165) is 54.9 Å². The lowest BCUT2D eigenvalue weighted by atomic mass is 9.90. The van der Waals surface area contributed by atoms with Gasteiger partial charge >= 0.3 is 0 Å². The maximum atomic E-state index is 5.97. The van der Waals surface area contributed by atoms with Gasteiger partial charge in [0.1, 0.15) is 0 Å². The molecule has 0 unspecified atom stereocenters. The molecule has 3 heterocycles. The fourth-order valence-electron chi connectivity index (χ4n) is 4.16. The number of nitrogens with one attached hydrogen (secondary N) is 1. The highest BCUT2D eigenvalue weighted by molar-refractivity contribution is 5.59. The Labute approximate surface area is 187 Å². The second-order valence-electron chi connectivity index (χ2n) is 8.36. The predicted octanol–water partition coefficient (Wildman–Crippen LogP) is 4.79. The van der Waals surface area contributed by atoms with Crippen molar-refractivity contribution in [2.75, 3.05) is 13.1 Å². The molecule has 0 amide bonds. The number of aromatic nitrogens is 5. The highest BCUT2D eigenvalue weighted by Crippen LogP contribution is 2.29. The summed E-state index contributed by atoms with van der Waals surface area (Å²) < 4.78 is 7.77. The average molecular weight is 429 g/mol. The highest BCUT2D eigenvalue weighted by Gasteiger charge is 2.16. The topological polar surface area (TPSA) is 81.7 Å². The highest BCUT2D eigenvalue weighted by atomic mass is 16.4. The van der Waals surface area contributed by atoms with Crippen molar-refractivity contribution in [3.8, 4) is 28.6 Å². The molecule has 0 aliphatic carbocycles. The normalized spacial score (nSPS) is 14.7. The molecule has 0 radical (unpaired) electrons. The van der Waals surface area contributed by atoms with Crippen LogP contribution in [0.5, 0.6) is 0 Å². The van der Waals surface area contributed by atoms with Crippen LogP contribution in [0, 0.1) is 0 Å². The van der Waals surface area contributed by atoms with Crippen molar-refractivity contribution in [3.05, 3.63) is 66.0 Å². The van der Waals surface area contributed by atoms with Crippen molar-refractivity contribution in [2.45, 2.75) is 44.9 Å². The van der Waals surface area contributed by atoms with Crippen molar-refractivity contribution in [1.29, 1.82) is 0 Å². The van der Waals surface area contributed by atoms with Crippen LogP contribution < -0.4 is 5.32 Å². The zero-order chi connectivity index (χ0) is 21.8. The van der Waals surface area contributed by atoms with E-state index in [4.69, 9.17) is 4.42 Å². The van der Waals surface area contributed by atoms with Gasteiger partial charge in [-0.25, -0.2) is 4.68 Å². The minimum atomic E-state index is 0.510. The minimum absolute atomic E-state index is 0.510. The van der Waals surface area contributed by atoms with Crippen LogP contribution in [0.4, 0.5) is 0 Å². The van der Waals surface area contributed by atoms with Gasteiger partial charge in [-0.15, -0.1) is 15.3 Å². The molecule has 0 spiro atoms. The van der Waals surface area contributed by atoms with Crippen molar-refractivity contribution in [2.24, 2.45) is 0 Å². The molecule has 1 fully saturated rings. The largest absolute Gasteiger partial charge is 0.416 e. The minimum Gasteiger partial charge on any atom is -0.416 e. The molecule has 0 atom stereocenters. The monoisotopic (exact) mass is 428 g/mol. The van der Waals surface area contributed by atoms with Gasteiger partial charge in [-0.05, 0) is 86.7 Å². The Morgan fingerprint density at radius 3 is 2.22 bits per heavy atom. The Morgan fingerprint density at radius 1 is 0.906 bits per heavy atom. The van der Waals surface area contributed by atoms with Crippen LogP contribution >= 0.6 is 0 Å². The molecule has 2 aromatic carbocycles. The summed E-state index contributed by atoms with van der Waals surface area (Å²) >= 11 is 0. The van der Waals surface area contributed by atoms with E-state index in [1.165, 1.54) is 18.4 Å². The van der Waals surface area contributed by atoms with E-state index >= 15 is 0 Å². The van der Waals surface area contributed by atoms with Gasteiger partial charge in [0.25, 0.3) is 0 Å². The lowest BCUT2D eigenvalue weighted by Gasteiger charge is -2.22. The van der Waals surface area contributed by atoms with E-state index in [0.29, 0.717) is 17.7 Å². The number of unbranched alkanes of at least 4 members (excludes halogenated alkanes) is 1. The SMILES string of the molecule is CCCCc1cn(-c2ccc(-c3nnc(-c4ccc(C5CCNCC5)cc4)o3)cc2)nn1. The molecule has 0 bridgehead atoms. The van der Waals surface area contributed by atoms with Crippen molar-refractivity contribution in [1.82, 2.24) is 30.5 Å². The zero-order valence-corrected chi connectivity index (χ0v) is 18.4. The summed E-state index contributed by atoms with van der Waals surface area (Å²) in [6.45, 7) is 4.36. The first-order valence-corrected chi connectivity index (χ1v) is 11.5. The molecule has 7 nitrogen and oxygen atoms in total. The molecule has 164 valence electrons. The summed E-state index contributed by atoms with van der Waals surface area (Å²) in [6.07, 6.45) is 7.60. The maximum Gasteiger partial charge on any atom is 0.248 e. The van der Waals surface area contributed by atoms with Crippen LogP contribution in [0.25, 0.3) is 28.6 Å². The number of benzene rings is 2. The lowest BCUT2D eigenvalue weighted by molar-refractivity contribution is 0.460. The van der Waals surface area contributed by atoms with Gasteiger partial charge in [-0.3, -0.25) is 0 Å². The predicted molar refractivity (Wildman–Crippen MR) is 124 cm³/mol. The van der Waals surface area contributed by atoms with Crippen molar-refractivity contribution in [3.63, 3.8) is 0 Å². The molecule has 1 N–H and O–H groups in total. The summed E-state index contributed by atoms with van der Waals surface area (Å²) in [6, 6.07) is 16.5. The van der Waals surface area contributed by atoms with Crippen LogP contribution in [-0.4, -0.2) is 38.3 Å². The second kappa shape index (κ2) is 9.44. The Hall–Kier alpha value is -3.32. The second-order valence-corrected chi connectivity index (χ2v) is 8.36. The van der Waals surface area contributed by atoms with Crippen molar-refractivity contribution >= 4 is 0 Å². The molecule has 0 saturated carbocycles. The smallest absolute Gasteiger partial charge is 0.248 e. The Balaban J connectivity index is 1.28. The van der Waals surface area contributed by atoms with E-state index < -0.39 is 0 Å². The van der Waals surface area contributed by atoms with Crippen LogP contribution in [0.3, 0.4) is 0 Å². The first kappa shape index (κ1) is 20.6. The Morgan fingerprint density at radius 2 is 1.56 bits per heavy atom. The quantitative estimate of drug-likeness (QED) is 0.456. The lowest BCUT2D eigenvalue weighted by Crippen LogP contribution is -2.26. The van der Waals surface area contributed by atoms with Gasteiger partial charge in [0.15, 0.2) is 0 Å². The summed E-state index contributed by atoms with van der Waals surface area (Å²) in [4.78, 5) is 0. The molecular formula is C25H28N6O. The van der Waals surface area contributed by atoms with E-state index in [1.54, 1.807) is 4.68 Å². The first-order chi connectivity index (χ1) is 15.8. The molecule has 4 aromatic rings. The fraction of sp³-hybridized carbons (Fsp3) is 0.360. The summed E-state index contributed by atoms with van der Waals surface area (Å²) in [5, 5.41) is 20.4. The first-order valence-electron chi connectivity index (χ1n) is 11.5. The molecule has 1 aliphatic heterocycles. The van der Waals surface area contributed by atoms with Crippen LogP contribution in [-0.2, 0) is 6.42 Å². The third kappa shape index (κ3) is 4.48. The van der Waals surface area contributed by atoms with Gasteiger partial charge in [0, 0.05) is 11.1 Å². The van der Waals surface area contributed by atoms with Gasteiger partial charge in [-0.1, -0.05) is 30.7 Å². The Bertz CT molecular complexity index is 1140. The molecule has 7 heteroatoms. The van der Waals surface area contributed by atoms with Gasteiger partial charge < -0.3 is 9.73 Å². The van der Waals surface area contributed by atoms with E-state index in [-0.39, 0.29) is 0 Å². The number of piperidine rings is 1. The fourth-order valence-corrected chi connectivity index (χ4v) is 4.16. The van der Waals surface area contributed by atoms with E-state index in [2.05, 4.69) is 57.0 Å². The number of hydrogen-bond acceptors (Lipinski definition) is 6. The average Bonchev–Trinajstić information content (AvgIpc) is 3.54. The number of aryl methyl sites for hydroxylation is 1. The third-order valence-electron chi connectivity index (χ3n) is 6.10. The van der Waals surface area contributed by atoms with E-state index in [1.807, 2.05) is 30.5 Å². The maximum absolute atomic E-state index is 5.97. The van der Waals surface area contributed by atoms with Gasteiger partial charge in [0.05, 0.1) is 17.6 Å². The van der Waals surface area contributed by atoms with Gasteiger partial charge in [-0.2, -0.15) is 0 Å². The molecule has 1 saturated heterocycles. The molecular weight excluding hydrogens is 400 g/mol. The summed E-state index contributed by atoms with van der Waals surface area (Å²) in [5.41, 5.74) is 5.18. The van der Waals surface area contributed by atoms with E-state index in [9.17, 15) is 0 Å². The third-order valence-corrected chi connectivity index (χ3v) is 6.10. The zero-order valence-electron chi connectivity index (χ0n) is 18.4. The molecule has 5 rings (SSSR count). The molecule has 32 heavy (non-hydrogen) atoms. The summed E-state index contributed by atoms with van der Waals surface area (Å²) in [5.74, 6) is 1.68. The Kier molecular flexibility index (Phi) is 6.07. The van der Waals surface area contributed by atoms with Crippen LogP contribution in [0.15, 0.2) is 59.1 Å².